The van der Waals surface area contributed by atoms with Gasteiger partial charge in [-0.15, -0.1) is 24.0 Å². The van der Waals surface area contributed by atoms with Crippen LogP contribution < -0.4 is 10.6 Å². The van der Waals surface area contributed by atoms with E-state index in [0.717, 1.165) is 32.1 Å². The minimum Gasteiger partial charge on any atom is -0.376 e. The molecular formula is C16H33IN4O. The highest BCUT2D eigenvalue weighted by atomic mass is 127. The molecule has 1 atom stereocenters. The van der Waals surface area contributed by atoms with Crippen molar-refractivity contribution in [2.24, 2.45) is 4.99 Å². The van der Waals surface area contributed by atoms with E-state index in [2.05, 4.69) is 34.6 Å². The molecule has 0 spiro atoms. The fraction of sp³-hybridized carbons (Fsp3) is 0.938. The van der Waals surface area contributed by atoms with E-state index in [1.54, 1.807) is 0 Å². The van der Waals surface area contributed by atoms with E-state index in [9.17, 15) is 0 Å². The van der Waals surface area contributed by atoms with Gasteiger partial charge in [-0.2, -0.15) is 0 Å². The molecule has 2 rings (SSSR count). The van der Waals surface area contributed by atoms with E-state index in [1.807, 2.05) is 7.05 Å². The van der Waals surface area contributed by atoms with Crippen molar-refractivity contribution >= 4 is 29.9 Å². The van der Waals surface area contributed by atoms with Gasteiger partial charge in [0.2, 0.25) is 0 Å². The minimum absolute atomic E-state index is 0. The van der Waals surface area contributed by atoms with Crippen molar-refractivity contribution < 1.29 is 4.74 Å². The molecule has 22 heavy (non-hydrogen) atoms. The molecule has 6 heteroatoms. The van der Waals surface area contributed by atoms with E-state index in [1.165, 1.54) is 38.5 Å². The highest BCUT2D eigenvalue weighted by Crippen LogP contribution is 2.31. The maximum Gasteiger partial charge on any atom is 0.191 e. The molecule has 1 unspecified atom stereocenters. The fourth-order valence-electron chi connectivity index (χ4n) is 3.48. The summed E-state index contributed by atoms with van der Waals surface area (Å²) in [6, 6.07) is 0. The van der Waals surface area contributed by atoms with Crippen LogP contribution in [0.1, 0.15) is 44.9 Å². The van der Waals surface area contributed by atoms with Crippen molar-refractivity contribution in [3.63, 3.8) is 0 Å². The maximum absolute atomic E-state index is 5.65. The zero-order valence-electron chi connectivity index (χ0n) is 14.4. The molecule has 2 fully saturated rings. The summed E-state index contributed by atoms with van der Waals surface area (Å²) in [6.45, 7) is 2.72. The molecule has 0 aromatic heterocycles. The number of guanidine groups is 1. The van der Waals surface area contributed by atoms with Crippen LogP contribution in [0.15, 0.2) is 4.99 Å². The second kappa shape index (κ2) is 9.93. The number of halogens is 1. The molecule has 0 amide bonds. The summed E-state index contributed by atoms with van der Waals surface area (Å²) in [5.41, 5.74) is 0.278. The van der Waals surface area contributed by atoms with Crippen molar-refractivity contribution in [2.45, 2.75) is 56.6 Å². The molecule has 0 radical (unpaired) electrons. The van der Waals surface area contributed by atoms with Gasteiger partial charge in [0.25, 0.3) is 0 Å². The van der Waals surface area contributed by atoms with Gasteiger partial charge in [0, 0.05) is 32.3 Å². The highest BCUT2D eigenvalue weighted by Gasteiger charge is 2.34. The predicted octanol–water partition coefficient (Wildman–Crippen LogP) is 2.21. The van der Waals surface area contributed by atoms with Crippen molar-refractivity contribution in [1.29, 1.82) is 0 Å². The van der Waals surface area contributed by atoms with Crippen molar-refractivity contribution in [3.05, 3.63) is 0 Å². The molecule has 1 saturated carbocycles. The first kappa shape index (κ1) is 20.0. The summed E-state index contributed by atoms with van der Waals surface area (Å²) in [6.07, 6.45) is 9.28. The van der Waals surface area contributed by atoms with E-state index in [4.69, 9.17) is 4.74 Å². The van der Waals surface area contributed by atoms with Gasteiger partial charge >= 0.3 is 0 Å². The van der Waals surface area contributed by atoms with Crippen LogP contribution in [0, 0.1) is 0 Å². The summed E-state index contributed by atoms with van der Waals surface area (Å²) in [4.78, 5) is 6.74. The number of nitrogens with one attached hydrogen (secondary N) is 2. The van der Waals surface area contributed by atoms with Crippen LogP contribution in [-0.2, 0) is 4.74 Å². The molecule has 0 bridgehead atoms. The van der Waals surface area contributed by atoms with Gasteiger partial charge in [0.1, 0.15) is 0 Å². The Labute approximate surface area is 152 Å². The third kappa shape index (κ3) is 5.53. The van der Waals surface area contributed by atoms with Gasteiger partial charge in [-0.05, 0) is 39.8 Å². The lowest BCUT2D eigenvalue weighted by molar-refractivity contribution is 0.103. The summed E-state index contributed by atoms with van der Waals surface area (Å²) < 4.78 is 5.65. The first-order valence-electron chi connectivity index (χ1n) is 8.40. The molecule has 1 heterocycles. The lowest BCUT2D eigenvalue weighted by Gasteiger charge is -2.43. The lowest BCUT2D eigenvalue weighted by Crippen LogP contribution is -2.55. The molecule has 2 N–H and O–H groups in total. The molecule has 1 aliphatic heterocycles. The van der Waals surface area contributed by atoms with Gasteiger partial charge in [0.05, 0.1) is 6.10 Å². The second-order valence-electron chi connectivity index (χ2n) is 6.62. The third-order valence-corrected chi connectivity index (χ3v) is 5.06. The van der Waals surface area contributed by atoms with Crippen LogP contribution in [0.3, 0.4) is 0 Å². The predicted molar refractivity (Wildman–Crippen MR) is 103 cm³/mol. The molecule has 0 aromatic carbocycles. The van der Waals surface area contributed by atoms with Gasteiger partial charge in [-0.3, -0.25) is 4.99 Å². The van der Waals surface area contributed by atoms with Gasteiger partial charge < -0.3 is 20.3 Å². The molecule has 5 nitrogen and oxygen atoms in total. The Balaban J connectivity index is 0.00000242. The SMILES string of the molecule is CN=C(NCC1CCCO1)NCC1(N(C)C)CCCCC1.I. The lowest BCUT2D eigenvalue weighted by atomic mass is 9.80. The number of hydrogen-bond acceptors (Lipinski definition) is 3. The number of hydrogen-bond donors (Lipinski definition) is 2. The van der Waals surface area contributed by atoms with Crippen molar-refractivity contribution in [2.75, 3.05) is 40.8 Å². The first-order chi connectivity index (χ1) is 10.2. The van der Waals surface area contributed by atoms with Crippen molar-refractivity contribution in [1.82, 2.24) is 15.5 Å². The van der Waals surface area contributed by atoms with Crippen LogP contribution in [0.25, 0.3) is 0 Å². The number of ether oxygens (including phenoxy) is 1. The monoisotopic (exact) mass is 424 g/mol. The van der Waals surface area contributed by atoms with Gasteiger partial charge in [0.15, 0.2) is 5.96 Å². The summed E-state index contributed by atoms with van der Waals surface area (Å²) >= 11 is 0. The quantitative estimate of drug-likeness (QED) is 0.404. The van der Waals surface area contributed by atoms with Crippen LogP contribution in [0.5, 0.6) is 0 Å². The topological polar surface area (TPSA) is 48.9 Å². The van der Waals surface area contributed by atoms with E-state index < -0.39 is 0 Å². The standard InChI is InChI=1S/C16H32N4O.HI/c1-17-15(18-12-14-8-7-11-21-14)19-13-16(20(2)3)9-5-4-6-10-16;/h14H,4-13H2,1-3H3,(H2,17,18,19);1H. The largest absolute Gasteiger partial charge is 0.376 e. The summed E-state index contributed by atoms with van der Waals surface area (Å²) in [5.74, 6) is 0.900. The van der Waals surface area contributed by atoms with Crippen LogP contribution in [0.4, 0.5) is 0 Å². The molecule has 130 valence electrons. The van der Waals surface area contributed by atoms with Gasteiger partial charge in [-0.25, -0.2) is 0 Å². The molecular weight excluding hydrogens is 391 g/mol. The Morgan fingerprint density at radius 3 is 2.45 bits per heavy atom. The van der Waals surface area contributed by atoms with Crippen molar-refractivity contribution in [3.8, 4) is 0 Å². The Morgan fingerprint density at radius 2 is 1.91 bits per heavy atom. The zero-order valence-corrected chi connectivity index (χ0v) is 16.7. The number of likely N-dealkylation sites (N-methyl/N-ethyl adjacent to an activating group) is 1. The summed E-state index contributed by atoms with van der Waals surface area (Å²) in [7, 11) is 6.25. The molecule has 2 aliphatic rings. The van der Waals surface area contributed by atoms with E-state index in [0.29, 0.717) is 6.10 Å². The average Bonchev–Trinajstić information content (AvgIpc) is 3.01. The zero-order chi connectivity index (χ0) is 15.1. The van der Waals surface area contributed by atoms with E-state index in [-0.39, 0.29) is 29.5 Å². The smallest absolute Gasteiger partial charge is 0.191 e. The average molecular weight is 424 g/mol. The highest BCUT2D eigenvalue weighted by molar-refractivity contribution is 14.0. The Morgan fingerprint density at radius 1 is 1.18 bits per heavy atom. The molecule has 0 aromatic rings. The first-order valence-corrected chi connectivity index (χ1v) is 8.40. The molecule has 1 saturated heterocycles. The maximum atomic E-state index is 5.65. The number of nitrogens with zero attached hydrogens (tertiary/aromatic N) is 2. The fourth-order valence-corrected chi connectivity index (χ4v) is 3.48. The van der Waals surface area contributed by atoms with Gasteiger partial charge in [-0.1, -0.05) is 19.3 Å². The van der Waals surface area contributed by atoms with Crippen LogP contribution in [-0.4, -0.2) is 63.3 Å². The summed E-state index contributed by atoms with van der Waals surface area (Å²) in [5, 5.41) is 6.93. The third-order valence-electron chi connectivity index (χ3n) is 5.06. The normalized spacial score (nSPS) is 24.9. The van der Waals surface area contributed by atoms with E-state index >= 15 is 0 Å². The Kier molecular flexibility index (Phi) is 9.01. The van der Waals surface area contributed by atoms with Crippen LogP contribution in [0.2, 0.25) is 0 Å². The Bertz CT molecular complexity index is 337. The van der Waals surface area contributed by atoms with Crippen LogP contribution >= 0.6 is 24.0 Å². The number of rotatable bonds is 5. The molecule has 1 aliphatic carbocycles. The number of aliphatic imine (C=N–C) groups is 1. The minimum atomic E-state index is 0. The Hall–Kier alpha value is -0.0800. The second-order valence-corrected chi connectivity index (χ2v) is 6.62.